The summed E-state index contributed by atoms with van der Waals surface area (Å²) < 4.78 is 48.0. The lowest BCUT2D eigenvalue weighted by Crippen LogP contribution is -2.25. The van der Waals surface area contributed by atoms with E-state index in [4.69, 9.17) is 18.6 Å². The van der Waals surface area contributed by atoms with Crippen molar-refractivity contribution in [2.45, 2.75) is 20.1 Å². The smallest absolute Gasteiger partial charge is 0.191 e. The summed E-state index contributed by atoms with van der Waals surface area (Å²) in [4.78, 5) is 0. The van der Waals surface area contributed by atoms with Crippen molar-refractivity contribution >= 4 is 42.8 Å². The zero-order valence-electron chi connectivity index (χ0n) is 15.4. The highest BCUT2D eigenvalue weighted by Crippen LogP contribution is 2.26. The van der Waals surface area contributed by atoms with Crippen molar-refractivity contribution in [1.29, 1.82) is 0 Å². The molecule has 3 rings (SSSR count). The Morgan fingerprint density at radius 2 is 1.61 bits per heavy atom. The number of rotatable bonds is 7. The van der Waals surface area contributed by atoms with Gasteiger partial charge in [0.05, 0.1) is 15.2 Å². The molecule has 0 aliphatic carbocycles. The van der Waals surface area contributed by atoms with Gasteiger partial charge in [-0.3, -0.25) is 0 Å². The summed E-state index contributed by atoms with van der Waals surface area (Å²) in [5, 5.41) is 0.775. The zero-order chi connectivity index (χ0) is 20.5. The number of benzene rings is 2. The Labute approximate surface area is 179 Å². The lowest BCUT2D eigenvalue weighted by Gasteiger charge is -2.17. The molecule has 8 heteroatoms. The molecule has 0 N–H and O–H groups in total. The highest BCUT2D eigenvalue weighted by molar-refractivity contribution is 9.11. The molecular weight excluding hydrogens is 502 g/mol. The molecule has 1 aromatic heterocycles. The van der Waals surface area contributed by atoms with Gasteiger partial charge in [0.25, 0.3) is 0 Å². The molecule has 152 valence electrons. The van der Waals surface area contributed by atoms with Gasteiger partial charge in [0.1, 0.15) is 29.6 Å². The van der Waals surface area contributed by atoms with Crippen LogP contribution in [0.5, 0.6) is 5.75 Å². The maximum Gasteiger partial charge on any atom is 0.191 e. The van der Waals surface area contributed by atoms with E-state index < -0.39 is 6.29 Å². The van der Waals surface area contributed by atoms with E-state index in [2.05, 4.69) is 31.9 Å². The third-order valence-electron chi connectivity index (χ3n) is 3.44. The van der Waals surface area contributed by atoms with Crippen LogP contribution in [0.25, 0.3) is 11.0 Å². The number of hydrogen-bond donors (Lipinski definition) is 0. The first-order valence-corrected chi connectivity index (χ1v) is 10.2. The van der Waals surface area contributed by atoms with E-state index in [1.54, 1.807) is 12.1 Å². The third kappa shape index (κ3) is 6.84. The first kappa shape index (κ1) is 22.8. The average molecular weight is 522 g/mol. The van der Waals surface area contributed by atoms with Gasteiger partial charge in [-0.1, -0.05) is 0 Å². The molecule has 0 bridgehead atoms. The van der Waals surface area contributed by atoms with Crippen LogP contribution in [0.4, 0.5) is 8.78 Å². The number of ether oxygens (including phenoxy) is 3. The van der Waals surface area contributed by atoms with Gasteiger partial charge in [0, 0.05) is 18.6 Å². The highest BCUT2D eigenvalue weighted by Gasteiger charge is 2.10. The van der Waals surface area contributed by atoms with Crippen LogP contribution in [-0.2, 0) is 9.47 Å². The SMILES string of the molecule is CCOC(COc1ccc(F)cc1Br)OCC.Fc1cc(Br)c2occc2c1. The van der Waals surface area contributed by atoms with Crippen LogP contribution in [0.2, 0.25) is 0 Å². The van der Waals surface area contributed by atoms with Crippen LogP contribution in [0, 0.1) is 11.6 Å². The normalized spacial score (nSPS) is 10.8. The Balaban J connectivity index is 0.000000218. The first-order chi connectivity index (χ1) is 13.4. The predicted octanol–water partition coefficient (Wildman–Crippen LogP) is 6.70. The summed E-state index contributed by atoms with van der Waals surface area (Å²) in [6, 6.07) is 8.80. The van der Waals surface area contributed by atoms with Crippen LogP contribution in [0.1, 0.15) is 13.8 Å². The largest absolute Gasteiger partial charge is 0.487 e. The quantitative estimate of drug-likeness (QED) is 0.324. The van der Waals surface area contributed by atoms with Gasteiger partial charge in [0.2, 0.25) is 0 Å². The second-order valence-corrected chi connectivity index (χ2v) is 7.16. The fourth-order valence-electron chi connectivity index (χ4n) is 2.27. The topological polar surface area (TPSA) is 40.8 Å². The van der Waals surface area contributed by atoms with Crippen molar-refractivity contribution < 1.29 is 27.4 Å². The lowest BCUT2D eigenvalue weighted by molar-refractivity contribution is -0.152. The van der Waals surface area contributed by atoms with Gasteiger partial charge in [-0.15, -0.1) is 0 Å². The molecule has 0 unspecified atom stereocenters. The van der Waals surface area contributed by atoms with Gasteiger partial charge >= 0.3 is 0 Å². The van der Waals surface area contributed by atoms with Gasteiger partial charge in [-0.05, 0) is 82.1 Å². The Morgan fingerprint density at radius 1 is 0.929 bits per heavy atom. The number of halogens is 4. The summed E-state index contributed by atoms with van der Waals surface area (Å²) in [6.45, 7) is 5.16. The highest BCUT2D eigenvalue weighted by atomic mass is 79.9. The van der Waals surface area contributed by atoms with Crippen LogP contribution in [0.15, 0.2) is 56.0 Å². The van der Waals surface area contributed by atoms with Crippen molar-refractivity contribution in [3.63, 3.8) is 0 Å². The van der Waals surface area contributed by atoms with Crippen LogP contribution in [0.3, 0.4) is 0 Å². The molecule has 0 fully saturated rings. The van der Waals surface area contributed by atoms with Gasteiger partial charge in [-0.25, -0.2) is 8.78 Å². The van der Waals surface area contributed by atoms with Crippen LogP contribution in [-0.4, -0.2) is 26.1 Å². The van der Waals surface area contributed by atoms with Gasteiger partial charge in [0.15, 0.2) is 6.29 Å². The maximum absolute atomic E-state index is 12.9. The molecule has 28 heavy (non-hydrogen) atoms. The fraction of sp³-hybridized carbons (Fsp3) is 0.300. The minimum absolute atomic E-state index is 0.259. The molecule has 0 saturated carbocycles. The molecule has 4 nitrogen and oxygen atoms in total. The molecule has 0 amide bonds. The Kier molecular flexibility index (Phi) is 9.37. The summed E-state index contributed by atoms with van der Waals surface area (Å²) >= 11 is 6.42. The van der Waals surface area contributed by atoms with Gasteiger partial charge < -0.3 is 18.6 Å². The number of hydrogen-bond acceptors (Lipinski definition) is 4. The third-order valence-corrected chi connectivity index (χ3v) is 4.65. The monoisotopic (exact) mass is 520 g/mol. The number of furan rings is 1. The molecule has 3 aromatic rings. The van der Waals surface area contributed by atoms with Crippen molar-refractivity contribution in [2.75, 3.05) is 19.8 Å². The van der Waals surface area contributed by atoms with Gasteiger partial charge in [-0.2, -0.15) is 0 Å². The molecule has 0 saturated heterocycles. The lowest BCUT2D eigenvalue weighted by atomic mass is 10.2. The fourth-order valence-corrected chi connectivity index (χ4v) is 3.28. The predicted molar refractivity (Wildman–Crippen MR) is 111 cm³/mol. The van der Waals surface area contributed by atoms with E-state index >= 15 is 0 Å². The second kappa shape index (κ2) is 11.5. The zero-order valence-corrected chi connectivity index (χ0v) is 18.6. The minimum atomic E-state index is -0.401. The van der Waals surface area contributed by atoms with E-state index in [0.717, 1.165) is 5.39 Å². The molecule has 0 spiro atoms. The number of fused-ring (bicyclic) bond motifs is 1. The molecule has 0 radical (unpaired) electrons. The molecule has 0 atom stereocenters. The Bertz CT molecular complexity index is 880. The Morgan fingerprint density at radius 3 is 2.25 bits per heavy atom. The second-order valence-electron chi connectivity index (χ2n) is 5.45. The van der Waals surface area contributed by atoms with E-state index in [-0.39, 0.29) is 18.2 Å². The van der Waals surface area contributed by atoms with Crippen molar-refractivity contribution in [2.24, 2.45) is 0 Å². The van der Waals surface area contributed by atoms with E-state index in [0.29, 0.717) is 33.5 Å². The van der Waals surface area contributed by atoms with E-state index in [1.807, 2.05) is 13.8 Å². The minimum Gasteiger partial charge on any atom is -0.487 e. The van der Waals surface area contributed by atoms with Crippen molar-refractivity contribution in [3.8, 4) is 5.75 Å². The molecule has 0 aliphatic rings. The maximum atomic E-state index is 12.9. The first-order valence-electron chi connectivity index (χ1n) is 8.57. The summed E-state index contributed by atoms with van der Waals surface area (Å²) in [5.41, 5.74) is 0.686. The summed E-state index contributed by atoms with van der Waals surface area (Å²) in [7, 11) is 0. The van der Waals surface area contributed by atoms with Crippen molar-refractivity contribution in [3.05, 3.63) is 63.2 Å². The van der Waals surface area contributed by atoms with Crippen LogP contribution >= 0.6 is 31.9 Å². The Hall–Kier alpha value is -1.48. The van der Waals surface area contributed by atoms with Crippen molar-refractivity contribution in [1.82, 2.24) is 0 Å². The van der Waals surface area contributed by atoms with E-state index in [9.17, 15) is 8.78 Å². The van der Waals surface area contributed by atoms with E-state index in [1.165, 1.54) is 30.5 Å². The molecule has 2 aromatic carbocycles. The summed E-state index contributed by atoms with van der Waals surface area (Å²) in [5.74, 6) is -0.00280. The molecular formula is C20H20Br2F2O4. The standard InChI is InChI=1S/C12H16BrFO3.C8H4BrFO/c1-3-15-12(16-4-2)8-17-11-6-5-9(14)7-10(11)13;9-7-4-6(10)3-5-1-2-11-8(5)7/h5-7,12H,3-4,8H2,1-2H3;1-4H. The van der Waals surface area contributed by atoms with Crippen LogP contribution < -0.4 is 4.74 Å². The average Bonchev–Trinajstić information content (AvgIpc) is 3.10. The molecule has 1 heterocycles. The summed E-state index contributed by atoms with van der Waals surface area (Å²) in [6.07, 6.45) is 1.14. The molecule has 0 aliphatic heterocycles.